The summed E-state index contributed by atoms with van der Waals surface area (Å²) in [5.41, 5.74) is 0.449. The van der Waals surface area contributed by atoms with Gasteiger partial charge in [-0.1, -0.05) is 6.92 Å². The Morgan fingerprint density at radius 3 is 2.52 bits per heavy atom. The van der Waals surface area contributed by atoms with Gasteiger partial charge in [0.1, 0.15) is 12.7 Å². The Morgan fingerprint density at radius 2 is 1.94 bits per heavy atom. The Morgan fingerprint density at radius 1 is 1.26 bits per heavy atom. The second-order valence-corrected chi connectivity index (χ2v) is 7.55. The lowest BCUT2D eigenvalue weighted by Gasteiger charge is -2.25. The first-order valence-corrected chi connectivity index (χ1v) is 9.78. The summed E-state index contributed by atoms with van der Waals surface area (Å²) in [7, 11) is 0. The molecule has 4 atom stereocenters. The van der Waals surface area contributed by atoms with E-state index in [0.29, 0.717) is 6.42 Å². The molecule has 12 nitrogen and oxygen atoms in total. The van der Waals surface area contributed by atoms with E-state index in [0.717, 1.165) is 29.6 Å². The smallest absolute Gasteiger partial charge is 0.351 e. The van der Waals surface area contributed by atoms with Crippen molar-refractivity contribution in [2.24, 2.45) is 5.41 Å². The third-order valence-corrected chi connectivity index (χ3v) is 5.71. The van der Waals surface area contributed by atoms with Crippen LogP contribution in [0.1, 0.15) is 32.4 Å². The van der Waals surface area contributed by atoms with Gasteiger partial charge in [0.25, 0.3) is 0 Å². The molecule has 0 radical (unpaired) electrons. The van der Waals surface area contributed by atoms with Gasteiger partial charge in [0.05, 0.1) is 5.41 Å². The van der Waals surface area contributed by atoms with E-state index in [1.54, 1.807) is 5.48 Å². The van der Waals surface area contributed by atoms with E-state index in [4.69, 9.17) is 24.2 Å². The van der Waals surface area contributed by atoms with Crippen molar-refractivity contribution in [3.63, 3.8) is 0 Å². The summed E-state index contributed by atoms with van der Waals surface area (Å²) in [6.07, 6.45) is 0.709. The van der Waals surface area contributed by atoms with Gasteiger partial charge in [0, 0.05) is 18.3 Å². The second kappa shape index (κ2) is 8.12. The van der Waals surface area contributed by atoms with Gasteiger partial charge in [-0.05, 0) is 25.3 Å². The van der Waals surface area contributed by atoms with Crippen molar-refractivity contribution in [3.8, 4) is 0 Å². The quantitative estimate of drug-likeness (QED) is 0.354. The van der Waals surface area contributed by atoms with Crippen LogP contribution in [0.25, 0.3) is 0 Å². The fourth-order valence-corrected chi connectivity index (χ4v) is 3.65. The number of anilines is 1. The zero-order chi connectivity index (χ0) is 22.2. The highest BCUT2D eigenvalue weighted by Crippen LogP contribution is 2.49. The summed E-state index contributed by atoms with van der Waals surface area (Å²) in [4.78, 5) is 52.5. The average Bonchev–Trinajstić information content (AvgIpc) is 3.50. The number of hydrogen-bond donors (Lipinski definition) is 2. The lowest BCUT2D eigenvalue weighted by molar-refractivity contribution is -0.166. The maximum absolute atomic E-state index is 12.4. The van der Waals surface area contributed by atoms with E-state index in [9.17, 15) is 19.2 Å². The number of nitrogens with one attached hydrogen (secondary N) is 1. The third-order valence-electron chi connectivity index (χ3n) is 5.71. The van der Waals surface area contributed by atoms with Gasteiger partial charge >= 0.3 is 23.6 Å². The molecule has 1 aromatic heterocycles. The number of esters is 3. The number of carbonyl (C=O) groups excluding carboxylic acids is 3. The number of fused-ring (bicyclic) bond motifs is 1. The van der Waals surface area contributed by atoms with Crippen molar-refractivity contribution in [3.05, 3.63) is 34.9 Å². The summed E-state index contributed by atoms with van der Waals surface area (Å²) in [6.45, 7) is 1.64. The fraction of sp³-hybridized carbons (Fsp3) is 0.526. The van der Waals surface area contributed by atoms with Crippen molar-refractivity contribution in [2.45, 2.75) is 50.7 Å². The summed E-state index contributed by atoms with van der Waals surface area (Å²) < 4.78 is 23.0. The van der Waals surface area contributed by atoms with E-state index in [2.05, 4.69) is 4.98 Å². The molecular weight excluding hydrogens is 414 g/mol. The summed E-state index contributed by atoms with van der Waals surface area (Å²) in [5.74, 6) is -2.09. The Hall–Kier alpha value is -3.25. The Labute approximate surface area is 175 Å². The molecular formula is C19H21N3O9. The van der Waals surface area contributed by atoms with Crippen LogP contribution >= 0.6 is 0 Å². The normalized spacial score (nSPS) is 29.6. The molecule has 2 N–H and O–H groups in total. The van der Waals surface area contributed by atoms with Gasteiger partial charge in [0.2, 0.25) is 0 Å². The van der Waals surface area contributed by atoms with Crippen LogP contribution in [0.15, 0.2) is 29.2 Å². The molecule has 0 aromatic carbocycles. The summed E-state index contributed by atoms with van der Waals surface area (Å²) >= 11 is 0. The molecule has 3 heterocycles. The molecule has 1 unspecified atom stereocenters. The van der Waals surface area contributed by atoms with E-state index < -0.39 is 47.6 Å². The highest BCUT2D eigenvalue weighted by Gasteiger charge is 2.53. The SMILES string of the molecule is CCC1(C(=O)OC[C@H]2O[C@@H](n3ccc(NO)nc3=O)[C@H]3OC(=O)/C=C\C(=O)OC23)CC1. The minimum atomic E-state index is -1.20. The number of carbonyl (C=O) groups is 3. The van der Waals surface area contributed by atoms with Crippen LogP contribution in [0.5, 0.6) is 0 Å². The average molecular weight is 435 g/mol. The molecule has 0 bridgehead atoms. The molecule has 0 amide bonds. The first-order chi connectivity index (χ1) is 14.9. The second-order valence-electron chi connectivity index (χ2n) is 7.55. The minimum absolute atomic E-state index is 0.0976. The highest BCUT2D eigenvalue weighted by molar-refractivity contribution is 5.92. The Kier molecular flexibility index (Phi) is 5.50. The third kappa shape index (κ3) is 4.03. The predicted molar refractivity (Wildman–Crippen MR) is 99.6 cm³/mol. The van der Waals surface area contributed by atoms with Crippen LogP contribution in [0.3, 0.4) is 0 Å². The molecule has 1 saturated heterocycles. The van der Waals surface area contributed by atoms with Crippen molar-refractivity contribution >= 4 is 23.7 Å². The van der Waals surface area contributed by atoms with Gasteiger partial charge in [0.15, 0.2) is 24.3 Å². The van der Waals surface area contributed by atoms with Crippen molar-refractivity contribution in [1.82, 2.24) is 9.55 Å². The van der Waals surface area contributed by atoms with Crippen molar-refractivity contribution in [2.75, 3.05) is 12.1 Å². The van der Waals surface area contributed by atoms with Crippen LogP contribution in [-0.4, -0.2) is 57.6 Å². The van der Waals surface area contributed by atoms with Gasteiger partial charge in [-0.3, -0.25) is 20.0 Å². The minimum Gasteiger partial charge on any atom is -0.462 e. The predicted octanol–water partition coefficient (Wildman–Crippen LogP) is 0.0686. The van der Waals surface area contributed by atoms with Crippen LogP contribution in [0.2, 0.25) is 0 Å². The molecule has 3 aliphatic rings. The molecule has 4 rings (SSSR count). The van der Waals surface area contributed by atoms with E-state index in [-0.39, 0.29) is 18.4 Å². The highest BCUT2D eigenvalue weighted by atomic mass is 16.7. The molecule has 0 spiro atoms. The van der Waals surface area contributed by atoms with Crippen LogP contribution < -0.4 is 11.2 Å². The van der Waals surface area contributed by atoms with Gasteiger partial charge in [-0.25, -0.2) is 14.4 Å². The lowest BCUT2D eigenvalue weighted by Crippen LogP contribution is -2.43. The lowest BCUT2D eigenvalue weighted by atomic mass is 10.0. The van der Waals surface area contributed by atoms with E-state index in [1.165, 1.54) is 12.3 Å². The Bertz CT molecular complexity index is 984. The molecule has 2 fully saturated rings. The largest absolute Gasteiger partial charge is 0.462 e. The first kappa shape index (κ1) is 21.0. The van der Waals surface area contributed by atoms with Crippen LogP contribution in [-0.2, 0) is 33.3 Å². The van der Waals surface area contributed by atoms with E-state index in [1.807, 2.05) is 6.92 Å². The Balaban J connectivity index is 1.61. The topological polar surface area (TPSA) is 155 Å². The standard InChI is InChI=1S/C19H21N3O9/c1-2-19(6-7-19)17(25)28-9-10-14-15(31-13(24)4-3-12(23)30-14)16(29-10)22-8-5-11(21-27)20-18(22)26/h3-5,8,10,14-16,27H,2,6-7,9H2,1H3,(H,20,21,26)/b4-3-/t10-,14?,15+,16-/m1/s1. The zero-order valence-electron chi connectivity index (χ0n) is 16.6. The maximum Gasteiger partial charge on any atom is 0.351 e. The molecule has 1 saturated carbocycles. The number of hydrogen-bond acceptors (Lipinski definition) is 11. The van der Waals surface area contributed by atoms with E-state index >= 15 is 0 Å². The summed E-state index contributed by atoms with van der Waals surface area (Å²) in [6, 6.07) is 1.29. The fourth-order valence-electron chi connectivity index (χ4n) is 3.65. The molecule has 31 heavy (non-hydrogen) atoms. The van der Waals surface area contributed by atoms with Gasteiger partial charge < -0.3 is 18.9 Å². The van der Waals surface area contributed by atoms with Gasteiger partial charge in [-0.15, -0.1) is 0 Å². The number of rotatable bonds is 6. The maximum atomic E-state index is 12.4. The van der Waals surface area contributed by atoms with Crippen LogP contribution in [0, 0.1) is 5.41 Å². The number of ether oxygens (including phenoxy) is 4. The number of nitrogens with zero attached hydrogens (tertiary/aromatic N) is 2. The number of aromatic nitrogens is 2. The monoisotopic (exact) mass is 435 g/mol. The molecule has 1 aromatic rings. The van der Waals surface area contributed by atoms with Crippen LogP contribution in [0.4, 0.5) is 5.82 Å². The molecule has 12 heteroatoms. The van der Waals surface area contributed by atoms with Crippen molar-refractivity contribution in [1.29, 1.82) is 0 Å². The molecule has 166 valence electrons. The summed E-state index contributed by atoms with van der Waals surface area (Å²) in [5, 5.41) is 8.92. The molecule has 1 aliphatic carbocycles. The van der Waals surface area contributed by atoms with Crippen molar-refractivity contribution < 1.29 is 38.5 Å². The van der Waals surface area contributed by atoms with Gasteiger partial charge in [-0.2, -0.15) is 4.98 Å². The zero-order valence-corrected chi connectivity index (χ0v) is 16.6. The first-order valence-electron chi connectivity index (χ1n) is 9.78. The molecule has 2 aliphatic heterocycles.